The highest BCUT2D eigenvalue weighted by molar-refractivity contribution is 5.99. The van der Waals surface area contributed by atoms with Gasteiger partial charge in [-0.3, -0.25) is 9.59 Å². The van der Waals surface area contributed by atoms with E-state index in [1.807, 2.05) is 24.3 Å². The minimum Gasteiger partial charge on any atom is -0.481 e. The van der Waals surface area contributed by atoms with Crippen molar-refractivity contribution in [1.29, 1.82) is 0 Å². The molecule has 1 unspecified atom stereocenters. The Kier molecular flexibility index (Phi) is 15.0. The van der Waals surface area contributed by atoms with Gasteiger partial charge in [-0.05, 0) is 18.4 Å². The first-order chi connectivity index (χ1) is 14.5. The maximum Gasteiger partial charge on any atom is 0.304 e. The zero-order valence-corrected chi connectivity index (χ0v) is 19.5. The van der Waals surface area contributed by atoms with Gasteiger partial charge in [-0.25, -0.2) is 0 Å². The van der Waals surface area contributed by atoms with Crippen LogP contribution in [0.15, 0.2) is 24.3 Å². The van der Waals surface area contributed by atoms with E-state index in [0.29, 0.717) is 5.56 Å². The van der Waals surface area contributed by atoms with E-state index < -0.39 is 11.9 Å². The van der Waals surface area contributed by atoms with Crippen LogP contribution in [-0.2, 0) is 11.2 Å². The van der Waals surface area contributed by atoms with Gasteiger partial charge in [0.05, 0.1) is 6.42 Å². The lowest BCUT2D eigenvalue weighted by molar-refractivity contribution is -0.137. The van der Waals surface area contributed by atoms with Crippen LogP contribution < -0.4 is 0 Å². The van der Waals surface area contributed by atoms with E-state index in [2.05, 4.69) is 6.92 Å². The summed E-state index contributed by atoms with van der Waals surface area (Å²) in [6.45, 7) is 3.95. The number of hydrogen-bond donors (Lipinski definition) is 1. The number of carbonyl (C=O) groups is 2. The molecule has 30 heavy (non-hydrogen) atoms. The molecule has 1 atom stereocenters. The molecule has 1 aromatic rings. The van der Waals surface area contributed by atoms with Crippen LogP contribution in [0.4, 0.5) is 0 Å². The van der Waals surface area contributed by atoms with Gasteiger partial charge < -0.3 is 5.11 Å². The zero-order valence-electron chi connectivity index (χ0n) is 19.5. The molecule has 0 fully saturated rings. The molecule has 0 bridgehead atoms. The van der Waals surface area contributed by atoms with E-state index in [4.69, 9.17) is 5.11 Å². The van der Waals surface area contributed by atoms with E-state index in [1.54, 1.807) is 6.92 Å². The van der Waals surface area contributed by atoms with Crippen LogP contribution in [-0.4, -0.2) is 16.9 Å². The molecule has 0 aliphatic heterocycles. The first-order valence-corrected chi connectivity index (χ1v) is 12.4. The highest BCUT2D eigenvalue weighted by atomic mass is 16.4. The lowest BCUT2D eigenvalue weighted by Crippen LogP contribution is -2.15. The summed E-state index contributed by atoms with van der Waals surface area (Å²) >= 11 is 0. The molecule has 0 aliphatic carbocycles. The molecule has 3 heteroatoms. The summed E-state index contributed by atoms with van der Waals surface area (Å²) in [5.41, 5.74) is 1.88. The Morgan fingerprint density at radius 1 is 0.733 bits per heavy atom. The average Bonchev–Trinajstić information content (AvgIpc) is 2.73. The lowest BCUT2D eigenvalue weighted by Gasteiger charge is -2.08. The summed E-state index contributed by atoms with van der Waals surface area (Å²) in [5, 5.41) is 8.83. The second kappa shape index (κ2) is 17.1. The van der Waals surface area contributed by atoms with Gasteiger partial charge in [-0.2, -0.15) is 0 Å². The summed E-state index contributed by atoms with van der Waals surface area (Å²) in [6, 6.07) is 7.73. The Balaban J connectivity index is 2.02. The first kappa shape index (κ1) is 26.4. The highest BCUT2D eigenvalue weighted by Crippen LogP contribution is 2.16. The third-order valence-electron chi connectivity index (χ3n) is 5.99. The van der Waals surface area contributed by atoms with Crippen molar-refractivity contribution < 1.29 is 14.7 Å². The van der Waals surface area contributed by atoms with Gasteiger partial charge in [-0.15, -0.1) is 0 Å². The summed E-state index contributed by atoms with van der Waals surface area (Å²) in [7, 11) is 0. The topological polar surface area (TPSA) is 54.4 Å². The largest absolute Gasteiger partial charge is 0.481 e. The summed E-state index contributed by atoms with van der Waals surface area (Å²) in [5.74, 6) is -1.48. The molecule has 1 N–H and O–H groups in total. The number of hydrogen-bond acceptors (Lipinski definition) is 2. The molecule has 3 nitrogen and oxygen atoms in total. The number of carbonyl (C=O) groups excluding carboxylic acids is 1. The molecule has 0 heterocycles. The fourth-order valence-electron chi connectivity index (χ4n) is 4.00. The van der Waals surface area contributed by atoms with Gasteiger partial charge in [0.1, 0.15) is 0 Å². The number of aryl methyl sites for hydroxylation is 1. The monoisotopic (exact) mass is 416 g/mol. The van der Waals surface area contributed by atoms with Crippen LogP contribution in [0.25, 0.3) is 0 Å². The summed E-state index contributed by atoms with van der Waals surface area (Å²) in [4.78, 5) is 23.0. The van der Waals surface area contributed by atoms with Crippen molar-refractivity contribution in [1.82, 2.24) is 0 Å². The Morgan fingerprint density at radius 3 is 1.60 bits per heavy atom. The van der Waals surface area contributed by atoms with E-state index in [1.165, 1.54) is 95.5 Å². The number of aliphatic carboxylic acids is 1. The second-order valence-electron chi connectivity index (χ2n) is 8.91. The Morgan fingerprint density at radius 2 is 1.17 bits per heavy atom. The number of carboxylic acid groups (broad SMARTS) is 1. The van der Waals surface area contributed by atoms with Crippen LogP contribution in [0.3, 0.4) is 0 Å². The van der Waals surface area contributed by atoms with Crippen LogP contribution >= 0.6 is 0 Å². The van der Waals surface area contributed by atoms with Crippen molar-refractivity contribution in [3.05, 3.63) is 35.4 Å². The summed E-state index contributed by atoms with van der Waals surface area (Å²) in [6.07, 6.45) is 20.1. The van der Waals surface area contributed by atoms with Crippen LogP contribution in [0.2, 0.25) is 0 Å². The molecule has 0 radical (unpaired) electrons. The lowest BCUT2D eigenvalue weighted by atomic mass is 9.95. The smallest absolute Gasteiger partial charge is 0.304 e. The third-order valence-corrected chi connectivity index (χ3v) is 5.99. The van der Waals surface area contributed by atoms with Gasteiger partial charge in [0.2, 0.25) is 0 Å². The zero-order chi connectivity index (χ0) is 22.0. The van der Waals surface area contributed by atoms with Gasteiger partial charge in [-0.1, -0.05) is 122 Å². The van der Waals surface area contributed by atoms with Crippen molar-refractivity contribution in [2.24, 2.45) is 5.92 Å². The van der Waals surface area contributed by atoms with Crippen molar-refractivity contribution in [2.45, 2.75) is 117 Å². The minimum absolute atomic E-state index is 0.0829. The standard InChI is InChI=1S/C27H44O3/c1-3-4-5-6-7-8-9-10-11-12-13-14-15-16-17-24-18-20-25(21-19-24)27(30)23(2)22-26(28)29/h18-21,23H,3-17,22H2,1-2H3,(H,28,29). The highest BCUT2D eigenvalue weighted by Gasteiger charge is 2.17. The van der Waals surface area contributed by atoms with Gasteiger partial charge >= 0.3 is 5.97 Å². The van der Waals surface area contributed by atoms with E-state index >= 15 is 0 Å². The fourth-order valence-corrected chi connectivity index (χ4v) is 4.00. The molecule has 0 spiro atoms. The van der Waals surface area contributed by atoms with Crippen LogP contribution in [0, 0.1) is 5.92 Å². The average molecular weight is 417 g/mol. The van der Waals surface area contributed by atoms with Gasteiger partial charge in [0.25, 0.3) is 0 Å². The Hall–Kier alpha value is -1.64. The van der Waals surface area contributed by atoms with Crippen molar-refractivity contribution in [2.75, 3.05) is 0 Å². The molecule has 0 aromatic heterocycles. The maximum atomic E-state index is 12.2. The molecular weight excluding hydrogens is 372 g/mol. The Labute approximate surface area is 184 Å². The molecule has 1 rings (SSSR count). The van der Waals surface area contributed by atoms with Crippen LogP contribution in [0.5, 0.6) is 0 Å². The molecule has 170 valence electrons. The van der Waals surface area contributed by atoms with E-state index in [9.17, 15) is 9.59 Å². The molecule has 1 aromatic carbocycles. The first-order valence-electron chi connectivity index (χ1n) is 12.4. The predicted octanol–water partition coefficient (Wildman–Crippen LogP) is 8.00. The molecule has 0 amide bonds. The Bertz CT molecular complexity index is 576. The number of Topliss-reactive ketones (excluding diaryl/α,β-unsaturated/α-hetero) is 1. The number of benzene rings is 1. The molecular formula is C27H44O3. The van der Waals surface area contributed by atoms with Crippen molar-refractivity contribution >= 4 is 11.8 Å². The van der Waals surface area contributed by atoms with Gasteiger partial charge in [0.15, 0.2) is 5.78 Å². The number of ketones is 1. The summed E-state index contributed by atoms with van der Waals surface area (Å²) < 4.78 is 0. The molecule has 0 saturated heterocycles. The normalized spacial score (nSPS) is 12.1. The number of unbranched alkanes of at least 4 members (excludes halogenated alkanes) is 13. The van der Waals surface area contributed by atoms with Gasteiger partial charge in [0, 0.05) is 11.5 Å². The third kappa shape index (κ3) is 12.8. The van der Waals surface area contributed by atoms with Crippen molar-refractivity contribution in [3.8, 4) is 0 Å². The van der Waals surface area contributed by atoms with Crippen LogP contribution in [0.1, 0.15) is 126 Å². The fraction of sp³-hybridized carbons (Fsp3) is 0.704. The quantitative estimate of drug-likeness (QED) is 0.183. The second-order valence-corrected chi connectivity index (χ2v) is 8.91. The SMILES string of the molecule is CCCCCCCCCCCCCCCCc1ccc(C(=O)C(C)CC(=O)O)cc1. The predicted molar refractivity (Wildman–Crippen MR) is 126 cm³/mol. The molecule has 0 saturated carbocycles. The molecule has 0 aliphatic rings. The number of carboxylic acids is 1. The van der Waals surface area contributed by atoms with E-state index in [0.717, 1.165) is 6.42 Å². The van der Waals surface area contributed by atoms with E-state index in [-0.39, 0.29) is 12.2 Å². The number of rotatable bonds is 19. The maximum absolute atomic E-state index is 12.2. The van der Waals surface area contributed by atoms with Crippen molar-refractivity contribution in [3.63, 3.8) is 0 Å². The minimum atomic E-state index is -0.926.